The molecule has 0 saturated heterocycles. The number of nitrogens with two attached hydrogens (primary N) is 3. The fraction of sp³-hybridized carbons (Fsp3) is 0. The molecular weight excluding hydrogens is 196 g/mol. The lowest BCUT2D eigenvalue weighted by molar-refractivity contribution is 0.477. The minimum absolute atomic E-state index is 0.0194. The normalized spacial score (nSPS) is 10.4. The van der Waals surface area contributed by atoms with E-state index in [1.807, 2.05) is 0 Å². The maximum absolute atomic E-state index is 9.62. The van der Waals surface area contributed by atoms with Crippen molar-refractivity contribution in [2.45, 2.75) is 0 Å². The second-order valence-electron chi connectivity index (χ2n) is 3.03. The smallest absolute Gasteiger partial charge is 0.241 e. The number of rotatable bonds is 1. The van der Waals surface area contributed by atoms with E-state index in [1.165, 1.54) is 6.07 Å². The highest BCUT2D eigenvalue weighted by Crippen LogP contribution is 2.29. The highest BCUT2D eigenvalue weighted by molar-refractivity contribution is 5.68. The number of nitrogens with zero attached hydrogens (tertiary/aromatic N) is 3. The standard InChI is InChI=1S/C8H10N6O/c9-4-1-2-5(6(15)3-4)7-12-13-8(10)14(7)11/h1-3,15H,9,11H2,(H2,10,13). The zero-order chi connectivity index (χ0) is 11.0. The molecule has 2 rings (SSSR count). The zero-order valence-electron chi connectivity index (χ0n) is 7.75. The number of nitrogen functional groups attached to an aromatic ring is 3. The van der Waals surface area contributed by atoms with Crippen LogP contribution in [0.25, 0.3) is 11.4 Å². The predicted octanol–water partition coefficient (Wildman–Crippen LogP) is -0.471. The van der Waals surface area contributed by atoms with Gasteiger partial charge in [-0.1, -0.05) is 0 Å². The summed E-state index contributed by atoms with van der Waals surface area (Å²) in [6.07, 6.45) is 0. The lowest BCUT2D eigenvalue weighted by Crippen LogP contribution is -2.13. The zero-order valence-corrected chi connectivity index (χ0v) is 7.75. The first-order chi connectivity index (χ1) is 7.09. The van der Waals surface area contributed by atoms with Gasteiger partial charge in [0.15, 0.2) is 5.82 Å². The van der Waals surface area contributed by atoms with Crippen LogP contribution in [0.3, 0.4) is 0 Å². The van der Waals surface area contributed by atoms with E-state index >= 15 is 0 Å². The number of hydrogen-bond donors (Lipinski definition) is 4. The Kier molecular flexibility index (Phi) is 1.86. The molecule has 7 N–H and O–H groups in total. The van der Waals surface area contributed by atoms with Gasteiger partial charge in [0.25, 0.3) is 0 Å². The van der Waals surface area contributed by atoms with Gasteiger partial charge in [0.05, 0.1) is 5.56 Å². The van der Waals surface area contributed by atoms with E-state index < -0.39 is 0 Å². The average molecular weight is 206 g/mol. The quantitative estimate of drug-likeness (QED) is 0.368. The summed E-state index contributed by atoms with van der Waals surface area (Å²) in [6.45, 7) is 0. The summed E-state index contributed by atoms with van der Waals surface area (Å²) in [4.78, 5) is 0. The van der Waals surface area contributed by atoms with Gasteiger partial charge in [0, 0.05) is 11.8 Å². The predicted molar refractivity (Wildman–Crippen MR) is 56.1 cm³/mol. The van der Waals surface area contributed by atoms with Gasteiger partial charge in [-0.2, -0.15) is 0 Å². The summed E-state index contributed by atoms with van der Waals surface area (Å²) in [5, 5.41) is 16.9. The van der Waals surface area contributed by atoms with Gasteiger partial charge >= 0.3 is 0 Å². The number of phenolic OH excluding ortho intramolecular Hbond substituents is 1. The van der Waals surface area contributed by atoms with E-state index in [2.05, 4.69) is 10.2 Å². The van der Waals surface area contributed by atoms with E-state index in [-0.39, 0.29) is 17.5 Å². The Bertz CT molecular complexity index is 506. The summed E-state index contributed by atoms with van der Waals surface area (Å²) < 4.78 is 1.09. The maximum atomic E-state index is 9.62. The molecule has 2 aromatic rings. The van der Waals surface area contributed by atoms with Gasteiger partial charge in [-0.15, -0.1) is 10.2 Å². The molecule has 0 spiro atoms. The molecule has 0 fully saturated rings. The maximum Gasteiger partial charge on any atom is 0.241 e. The first-order valence-corrected chi connectivity index (χ1v) is 4.14. The van der Waals surface area contributed by atoms with Crippen molar-refractivity contribution < 1.29 is 5.11 Å². The number of aromatic hydroxyl groups is 1. The Morgan fingerprint density at radius 1 is 1.20 bits per heavy atom. The summed E-state index contributed by atoms with van der Waals surface area (Å²) >= 11 is 0. The Morgan fingerprint density at radius 3 is 2.47 bits per heavy atom. The third kappa shape index (κ3) is 1.39. The molecule has 1 aromatic heterocycles. The van der Waals surface area contributed by atoms with Crippen molar-refractivity contribution in [3.05, 3.63) is 18.2 Å². The van der Waals surface area contributed by atoms with Crippen LogP contribution in [0.2, 0.25) is 0 Å². The summed E-state index contributed by atoms with van der Waals surface area (Å²) in [7, 11) is 0. The Hall–Kier alpha value is -2.44. The van der Waals surface area contributed by atoms with Gasteiger partial charge in [0.1, 0.15) is 5.75 Å². The molecule has 0 aliphatic rings. The van der Waals surface area contributed by atoms with Gasteiger partial charge in [-0.3, -0.25) is 0 Å². The number of phenols is 1. The second kappa shape index (κ2) is 3.05. The molecule has 7 nitrogen and oxygen atoms in total. The Balaban J connectivity index is 2.59. The molecule has 0 saturated carbocycles. The van der Waals surface area contributed by atoms with E-state index in [9.17, 15) is 5.11 Å². The van der Waals surface area contributed by atoms with Gasteiger partial charge in [-0.25, -0.2) is 4.68 Å². The average Bonchev–Trinajstić information content (AvgIpc) is 2.49. The van der Waals surface area contributed by atoms with Crippen LogP contribution in [-0.2, 0) is 0 Å². The van der Waals surface area contributed by atoms with Crippen LogP contribution in [0.1, 0.15) is 0 Å². The molecule has 0 unspecified atom stereocenters. The monoisotopic (exact) mass is 206 g/mol. The first kappa shape index (κ1) is 9.13. The van der Waals surface area contributed by atoms with Crippen molar-refractivity contribution in [1.29, 1.82) is 0 Å². The fourth-order valence-electron chi connectivity index (χ4n) is 1.22. The summed E-state index contributed by atoms with van der Waals surface area (Å²) in [5.74, 6) is 5.90. The van der Waals surface area contributed by atoms with Crippen LogP contribution >= 0.6 is 0 Å². The van der Waals surface area contributed by atoms with Crippen molar-refractivity contribution in [2.75, 3.05) is 17.3 Å². The van der Waals surface area contributed by atoms with Gasteiger partial charge < -0.3 is 22.4 Å². The van der Waals surface area contributed by atoms with Crippen LogP contribution in [0.15, 0.2) is 18.2 Å². The van der Waals surface area contributed by atoms with E-state index in [0.29, 0.717) is 11.3 Å². The van der Waals surface area contributed by atoms with Crippen molar-refractivity contribution in [2.24, 2.45) is 0 Å². The molecule has 0 bridgehead atoms. The first-order valence-electron chi connectivity index (χ1n) is 4.14. The summed E-state index contributed by atoms with van der Waals surface area (Å²) in [6, 6.07) is 4.62. The molecule has 7 heteroatoms. The molecule has 1 heterocycles. The minimum atomic E-state index is -0.0194. The number of aromatic nitrogens is 3. The molecule has 1 aromatic carbocycles. The number of anilines is 2. The lowest BCUT2D eigenvalue weighted by atomic mass is 10.2. The lowest BCUT2D eigenvalue weighted by Gasteiger charge is -2.04. The topological polar surface area (TPSA) is 129 Å². The number of hydrogen-bond acceptors (Lipinski definition) is 6. The van der Waals surface area contributed by atoms with E-state index in [0.717, 1.165) is 4.68 Å². The van der Waals surface area contributed by atoms with Crippen LogP contribution in [-0.4, -0.2) is 20.0 Å². The highest BCUT2D eigenvalue weighted by Gasteiger charge is 2.12. The van der Waals surface area contributed by atoms with Gasteiger partial charge in [-0.05, 0) is 12.1 Å². The van der Waals surface area contributed by atoms with Crippen molar-refractivity contribution in [3.8, 4) is 17.1 Å². The third-order valence-electron chi connectivity index (χ3n) is 1.98. The van der Waals surface area contributed by atoms with Crippen LogP contribution < -0.4 is 17.3 Å². The molecule has 0 aliphatic carbocycles. The minimum Gasteiger partial charge on any atom is -0.507 e. The Morgan fingerprint density at radius 2 is 1.93 bits per heavy atom. The molecule has 0 aliphatic heterocycles. The SMILES string of the molecule is Nc1ccc(-c2nnc(N)n2N)c(O)c1. The second-order valence-corrected chi connectivity index (χ2v) is 3.03. The summed E-state index contributed by atoms with van der Waals surface area (Å²) in [5.41, 5.74) is 11.8. The largest absolute Gasteiger partial charge is 0.507 e. The van der Waals surface area contributed by atoms with E-state index in [1.54, 1.807) is 12.1 Å². The molecule has 0 radical (unpaired) electrons. The van der Waals surface area contributed by atoms with Crippen LogP contribution in [0, 0.1) is 0 Å². The van der Waals surface area contributed by atoms with Crippen LogP contribution in [0.5, 0.6) is 5.75 Å². The van der Waals surface area contributed by atoms with Gasteiger partial charge in [0.2, 0.25) is 5.95 Å². The molecule has 15 heavy (non-hydrogen) atoms. The van der Waals surface area contributed by atoms with Crippen LogP contribution in [0.4, 0.5) is 11.6 Å². The van der Waals surface area contributed by atoms with Crippen molar-refractivity contribution in [3.63, 3.8) is 0 Å². The number of benzene rings is 1. The van der Waals surface area contributed by atoms with Crippen molar-refractivity contribution in [1.82, 2.24) is 14.9 Å². The van der Waals surface area contributed by atoms with Crippen molar-refractivity contribution >= 4 is 11.6 Å². The molecule has 0 atom stereocenters. The highest BCUT2D eigenvalue weighted by atomic mass is 16.3. The molecular formula is C8H10N6O. The van der Waals surface area contributed by atoms with E-state index in [4.69, 9.17) is 17.3 Å². The fourth-order valence-corrected chi connectivity index (χ4v) is 1.22. The third-order valence-corrected chi connectivity index (χ3v) is 1.98. The molecule has 0 amide bonds. The Labute approximate surface area is 85.1 Å². The molecule has 78 valence electrons.